The van der Waals surface area contributed by atoms with Gasteiger partial charge in [0.05, 0.1) is 0 Å². The average Bonchev–Trinajstić information content (AvgIpc) is 2.72. The number of rotatable bonds is 5. The maximum Gasteiger partial charge on any atom is 0.317 e. The van der Waals surface area contributed by atoms with Crippen LogP contribution in [0.3, 0.4) is 0 Å². The normalized spacial score (nSPS) is 19.7. The molecule has 0 saturated carbocycles. The number of carbonyl (C=O) groups is 2. The maximum atomic E-state index is 11.9. The summed E-state index contributed by atoms with van der Waals surface area (Å²) < 4.78 is 0. The van der Waals surface area contributed by atoms with Gasteiger partial charge in [-0.2, -0.15) is 0 Å². The molecule has 1 saturated heterocycles. The number of amides is 2. The van der Waals surface area contributed by atoms with Crippen molar-refractivity contribution in [1.82, 2.24) is 10.2 Å². The number of urea groups is 1. The van der Waals surface area contributed by atoms with Crippen LogP contribution in [0.25, 0.3) is 0 Å². The molecular formula is C12H22N2O3. The van der Waals surface area contributed by atoms with Gasteiger partial charge in [0.2, 0.25) is 0 Å². The minimum absolute atomic E-state index is 0.0495. The molecule has 17 heavy (non-hydrogen) atoms. The van der Waals surface area contributed by atoms with E-state index in [2.05, 4.69) is 19.2 Å². The van der Waals surface area contributed by atoms with Crippen molar-refractivity contribution in [1.29, 1.82) is 0 Å². The van der Waals surface area contributed by atoms with E-state index < -0.39 is 5.97 Å². The predicted molar refractivity (Wildman–Crippen MR) is 64.8 cm³/mol. The van der Waals surface area contributed by atoms with Crippen LogP contribution >= 0.6 is 0 Å². The van der Waals surface area contributed by atoms with Crippen LogP contribution in [0.4, 0.5) is 4.79 Å². The molecule has 0 aromatic heterocycles. The van der Waals surface area contributed by atoms with E-state index in [9.17, 15) is 9.59 Å². The van der Waals surface area contributed by atoms with E-state index in [1.54, 1.807) is 0 Å². The van der Waals surface area contributed by atoms with Gasteiger partial charge in [0.1, 0.15) is 0 Å². The molecule has 1 unspecified atom stereocenters. The first-order valence-corrected chi connectivity index (χ1v) is 6.28. The number of hydrogen-bond acceptors (Lipinski definition) is 2. The van der Waals surface area contributed by atoms with Crippen LogP contribution in [0.2, 0.25) is 0 Å². The molecule has 1 rings (SSSR count). The van der Waals surface area contributed by atoms with E-state index >= 15 is 0 Å². The summed E-state index contributed by atoms with van der Waals surface area (Å²) in [6, 6.07) is 0.279. The summed E-state index contributed by atoms with van der Waals surface area (Å²) in [6.07, 6.45) is 2.72. The molecule has 1 aliphatic heterocycles. The molecule has 98 valence electrons. The second-order valence-electron chi connectivity index (χ2n) is 4.88. The van der Waals surface area contributed by atoms with Gasteiger partial charge in [-0.1, -0.05) is 13.8 Å². The van der Waals surface area contributed by atoms with Crippen molar-refractivity contribution in [2.75, 3.05) is 13.1 Å². The summed E-state index contributed by atoms with van der Waals surface area (Å²) in [5.74, 6) is -0.345. The lowest BCUT2D eigenvalue weighted by Gasteiger charge is -2.27. The van der Waals surface area contributed by atoms with Gasteiger partial charge in [-0.05, 0) is 25.2 Å². The minimum Gasteiger partial charge on any atom is -0.481 e. The highest BCUT2D eigenvalue weighted by Crippen LogP contribution is 2.23. The maximum absolute atomic E-state index is 11.9. The molecule has 1 atom stereocenters. The van der Waals surface area contributed by atoms with Crippen LogP contribution in [0, 0.1) is 5.92 Å². The zero-order valence-electron chi connectivity index (χ0n) is 10.6. The fraction of sp³-hybridized carbons (Fsp3) is 0.833. The fourth-order valence-corrected chi connectivity index (χ4v) is 2.27. The quantitative estimate of drug-likeness (QED) is 0.721. The van der Waals surface area contributed by atoms with Crippen molar-refractivity contribution < 1.29 is 14.7 Å². The first-order valence-electron chi connectivity index (χ1n) is 6.28. The van der Waals surface area contributed by atoms with Gasteiger partial charge in [0.15, 0.2) is 0 Å². The molecular weight excluding hydrogens is 220 g/mol. The number of likely N-dealkylation sites (tertiary alicyclic amines) is 1. The standard InChI is InChI=1S/C12H22N2O3/c1-9(2)10-5-4-8-14(10)12(17)13-7-3-6-11(15)16/h9-10H,3-8H2,1-2H3,(H,13,17)(H,15,16). The molecule has 2 amide bonds. The van der Waals surface area contributed by atoms with Crippen LogP contribution in [-0.4, -0.2) is 41.1 Å². The Balaban J connectivity index is 2.29. The first-order chi connectivity index (χ1) is 8.02. The highest BCUT2D eigenvalue weighted by Gasteiger charge is 2.30. The fourth-order valence-electron chi connectivity index (χ4n) is 2.27. The Bertz CT molecular complexity index is 279. The molecule has 0 bridgehead atoms. The van der Waals surface area contributed by atoms with E-state index in [1.807, 2.05) is 4.90 Å². The Morgan fingerprint density at radius 3 is 2.76 bits per heavy atom. The van der Waals surface area contributed by atoms with Crippen LogP contribution in [0.5, 0.6) is 0 Å². The van der Waals surface area contributed by atoms with Crippen molar-refractivity contribution in [3.05, 3.63) is 0 Å². The smallest absolute Gasteiger partial charge is 0.317 e. The summed E-state index contributed by atoms with van der Waals surface area (Å²) >= 11 is 0. The van der Waals surface area contributed by atoms with Crippen molar-refractivity contribution in [3.8, 4) is 0 Å². The number of hydrogen-bond donors (Lipinski definition) is 2. The Morgan fingerprint density at radius 1 is 1.47 bits per heavy atom. The molecule has 0 aromatic rings. The van der Waals surface area contributed by atoms with Gasteiger partial charge in [-0.15, -0.1) is 0 Å². The molecule has 1 aliphatic rings. The number of nitrogens with zero attached hydrogens (tertiary/aromatic N) is 1. The van der Waals surface area contributed by atoms with E-state index in [1.165, 1.54) is 0 Å². The van der Waals surface area contributed by atoms with E-state index in [4.69, 9.17) is 5.11 Å². The molecule has 0 radical (unpaired) electrons. The average molecular weight is 242 g/mol. The molecule has 0 spiro atoms. The van der Waals surface area contributed by atoms with Crippen molar-refractivity contribution in [2.45, 2.75) is 45.6 Å². The molecule has 2 N–H and O–H groups in total. The minimum atomic E-state index is -0.819. The van der Waals surface area contributed by atoms with Crippen LogP contribution in [0.1, 0.15) is 39.5 Å². The third kappa shape index (κ3) is 4.24. The summed E-state index contributed by atoms with van der Waals surface area (Å²) in [6.45, 7) is 5.50. The topological polar surface area (TPSA) is 69.6 Å². The first kappa shape index (κ1) is 13.8. The van der Waals surface area contributed by atoms with Gasteiger partial charge < -0.3 is 15.3 Å². The number of carboxylic acid groups (broad SMARTS) is 1. The summed E-state index contributed by atoms with van der Waals surface area (Å²) in [4.78, 5) is 24.1. The van der Waals surface area contributed by atoms with Crippen LogP contribution in [-0.2, 0) is 4.79 Å². The monoisotopic (exact) mass is 242 g/mol. The van der Waals surface area contributed by atoms with E-state index in [-0.39, 0.29) is 12.5 Å². The van der Waals surface area contributed by atoms with Gasteiger partial charge in [-0.3, -0.25) is 4.79 Å². The van der Waals surface area contributed by atoms with Crippen molar-refractivity contribution >= 4 is 12.0 Å². The lowest BCUT2D eigenvalue weighted by molar-refractivity contribution is -0.137. The van der Waals surface area contributed by atoms with Gasteiger partial charge in [0, 0.05) is 25.6 Å². The predicted octanol–water partition coefficient (Wildman–Crippen LogP) is 1.68. The molecule has 1 fully saturated rings. The second kappa shape index (κ2) is 6.47. The number of aliphatic carboxylic acids is 1. The van der Waals surface area contributed by atoms with E-state index in [0.717, 1.165) is 19.4 Å². The number of nitrogens with one attached hydrogen (secondary N) is 1. The lowest BCUT2D eigenvalue weighted by atomic mass is 10.0. The molecule has 5 nitrogen and oxygen atoms in total. The second-order valence-corrected chi connectivity index (χ2v) is 4.88. The summed E-state index contributed by atoms with van der Waals surface area (Å²) in [7, 11) is 0. The summed E-state index contributed by atoms with van der Waals surface area (Å²) in [5.41, 5.74) is 0. The van der Waals surface area contributed by atoms with Crippen LogP contribution in [0.15, 0.2) is 0 Å². The Labute approximate surface area is 102 Å². The molecule has 5 heteroatoms. The van der Waals surface area contributed by atoms with Gasteiger partial charge in [-0.25, -0.2) is 4.79 Å². The van der Waals surface area contributed by atoms with Crippen molar-refractivity contribution in [2.24, 2.45) is 5.92 Å². The SMILES string of the molecule is CC(C)C1CCCN1C(=O)NCCCC(=O)O. The Kier molecular flexibility index (Phi) is 5.25. The van der Waals surface area contributed by atoms with Gasteiger partial charge >= 0.3 is 12.0 Å². The molecule has 1 heterocycles. The number of carboxylic acids is 1. The third-order valence-corrected chi connectivity index (χ3v) is 3.17. The third-order valence-electron chi connectivity index (χ3n) is 3.17. The van der Waals surface area contributed by atoms with Crippen molar-refractivity contribution in [3.63, 3.8) is 0 Å². The zero-order valence-corrected chi connectivity index (χ0v) is 10.6. The Morgan fingerprint density at radius 2 is 2.18 bits per heavy atom. The lowest BCUT2D eigenvalue weighted by Crippen LogP contribution is -2.45. The highest BCUT2D eigenvalue weighted by atomic mass is 16.4. The van der Waals surface area contributed by atoms with E-state index in [0.29, 0.717) is 24.9 Å². The molecule has 0 aliphatic carbocycles. The highest BCUT2D eigenvalue weighted by molar-refractivity contribution is 5.75. The van der Waals surface area contributed by atoms with Gasteiger partial charge in [0.25, 0.3) is 0 Å². The number of carbonyl (C=O) groups excluding carboxylic acids is 1. The van der Waals surface area contributed by atoms with Crippen LogP contribution < -0.4 is 5.32 Å². The molecule has 0 aromatic carbocycles. The largest absolute Gasteiger partial charge is 0.481 e. The Hall–Kier alpha value is -1.26. The zero-order chi connectivity index (χ0) is 12.8. The summed E-state index contributed by atoms with van der Waals surface area (Å²) in [5, 5.41) is 11.3.